The molecule has 0 saturated carbocycles. The lowest BCUT2D eigenvalue weighted by Crippen LogP contribution is -2.17. The summed E-state index contributed by atoms with van der Waals surface area (Å²) in [5.41, 5.74) is 0.330. The molecule has 0 aliphatic rings. The van der Waals surface area contributed by atoms with E-state index in [0.717, 1.165) is 18.2 Å². The average Bonchev–Trinajstić information content (AvgIpc) is 2.42. The molecule has 1 N–H and O–H groups in total. The van der Waals surface area contributed by atoms with Gasteiger partial charge in [0.15, 0.2) is 0 Å². The molecule has 0 unspecified atom stereocenters. The number of halogens is 2. The summed E-state index contributed by atoms with van der Waals surface area (Å²) in [5, 5.41) is 13.2. The van der Waals surface area contributed by atoms with Crippen molar-refractivity contribution in [1.29, 1.82) is 0 Å². The Kier molecular flexibility index (Phi) is 4.16. The van der Waals surface area contributed by atoms with Gasteiger partial charge in [0.25, 0.3) is 11.6 Å². The minimum absolute atomic E-state index is 0.120. The summed E-state index contributed by atoms with van der Waals surface area (Å²) in [5.74, 6) is -2.90. The van der Waals surface area contributed by atoms with Crippen molar-refractivity contribution in [3.8, 4) is 0 Å². The number of rotatable bonds is 3. The lowest BCUT2D eigenvalue weighted by Gasteiger charge is -2.12. The number of hydrogen-bond donors (Lipinski definition) is 1. The average molecular weight is 306 g/mol. The van der Waals surface area contributed by atoms with Crippen molar-refractivity contribution >= 4 is 17.3 Å². The molecular weight excluding hydrogens is 294 g/mol. The van der Waals surface area contributed by atoms with Crippen LogP contribution in [0.5, 0.6) is 0 Å². The Morgan fingerprint density at radius 1 is 1.14 bits per heavy atom. The standard InChI is InChI=1S/C15H12F2N2O3/c1-8-6-10(19(21)22)7-9(2)14(8)18-15(20)13-11(16)4-3-5-12(13)17/h3-7H,1-2H3,(H,18,20). The zero-order valence-electron chi connectivity index (χ0n) is 11.8. The van der Waals surface area contributed by atoms with Gasteiger partial charge >= 0.3 is 0 Å². The molecule has 0 aliphatic heterocycles. The van der Waals surface area contributed by atoms with Gasteiger partial charge in [-0.05, 0) is 37.1 Å². The Bertz CT molecular complexity index is 732. The molecule has 0 saturated heterocycles. The number of aryl methyl sites for hydroxylation is 2. The lowest BCUT2D eigenvalue weighted by molar-refractivity contribution is -0.384. The summed E-state index contributed by atoms with van der Waals surface area (Å²) in [6.07, 6.45) is 0. The highest BCUT2D eigenvalue weighted by Gasteiger charge is 2.19. The van der Waals surface area contributed by atoms with Gasteiger partial charge in [-0.25, -0.2) is 8.78 Å². The van der Waals surface area contributed by atoms with Crippen LogP contribution in [0.4, 0.5) is 20.2 Å². The van der Waals surface area contributed by atoms with E-state index in [1.807, 2.05) is 0 Å². The van der Waals surface area contributed by atoms with Gasteiger partial charge in [0.1, 0.15) is 17.2 Å². The van der Waals surface area contributed by atoms with Gasteiger partial charge in [0.05, 0.1) is 4.92 Å². The zero-order chi connectivity index (χ0) is 16.4. The smallest absolute Gasteiger partial charge is 0.270 e. The number of non-ortho nitro benzene ring substituents is 1. The first-order chi connectivity index (χ1) is 10.3. The second-order valence-electron chi connectivity index (χ2n) is 4.76. The highest BCUT2D eigenvalue weighted by atomic mass is 19.1. The van der Waals surface area contributed by atoms with Crippen molar-refractivity contribution in [3.63, 3.8) is 0 Å². The van der Waals surface area contributed by atoms with Crippen LogP contribution < -0.4 is 5.32 Å². The van der Waals surface area contributed by atoms with Crippen molar-refractivity contribution in [3.05, 3.63) is 68.8 Å². The summed E-state index contributed by atoms with van der Waals surface area (Å²) in [6.45, 7) is 3.13. The summed E-state index contributed by atoms with van der Waals surface area (Å²) >= 11 is 0. The minimum atomic E-state index is -0.977. The zero-order valence-corrected chi connectivity index (χ0v) is 11.8. The molecule has 5 nitrogen and oxygen atoms in total. The van der Waals surface area contributed by atoms with Crippen molar-refractivity contribution < 1.29 is 18.5 Å². The van der Waals surface area contributed by atoms with Crippen LogP contribution in [-0.2, 0) is 0 Å². The van der Waals surface area contributed by atoms with Crippen LogP contribution in [0.2, 0.25) is 0 Å². The number of benzene rings is 2. The molecule has 2 rings (SSSR count). The number of hydrogen-bond acceptors (Lipinski definition) is 3. The fraction of sp³-hybridized carbons (Fsp3) is 0.133. The van der Waals surface area contributed by atoms with E-state index in [1.54, 1.807) is 13.8 Å². The molecule has 2 aromatic carbocycles. The Labute approximate surface area is 124 Å². The van der Waals surface area contributed by atoms with Gasteiger partial charge in [0, 0.05) is 17.8 Å². The summed E-state index contributed by atoms with van der Waals surface area (Å²) in [7, 11) is 0. The largest absolute Gasteiger partial charge is 0.321 e. The Balaban J connectivity index is 2.39. The first-order valence-corrected chi connectivity index (χ1v) is 6.32. The molecular formula is C15H12F2N2O3. The molecule has 0 spiro atoms. The predicted molar refractivity (Wildman–Crippen MR) is 76.9 cm³/mol. The van der Waals surface area contributed by atoms with E-state index in [-0.39, 0.29) is 5.69 Å². The van der Waals surface area contributed by atoms with Gasteiger partial charge in [-0.2, -0.15) is 0 Å². The van der Waals surface area contributed by atoms with Crippen LogP contribution in [0, 0.1) is 35.6 Å². The maximum absolute atomic E-state index is 13.6. The number of nitro groups is 1. The molecule has 1 amide bonds. The molecule has 2 aromatic rings. The summed E-state index contributed by atoms with van der Waals surface area (Å²) in [6, 6.07) is 5.67. The molecule has 0 radical (unpaired) electrons. The lowest BCUT2D eigenvalue weighted by atomic mass is 10.1. The van der Waals surface area contributed by atoms with Crippen molar-refractivity contribution in [2.75, 3.05) is 5.32 Å². The first-order valence-electron chi connectivity index (χ1n) is 6.32. The van der Waals surface area contributed by atoms with Crippen LogP contribution in [0.25, 0.3) is 0 Å². The molecule has 0 aromatic heterocycles. The number of nitro benzene ring substituents is 1. The monoisotopic (exact) mass is 306 g/mol. The van der Waals surface area contributed by atoms with E-state index in [2.05, 4.69) is 5.32 Å². The summed E-state index contributed by atoms with van der Waals surface area (Å²) in [4.78, 5) is 22.3. The number of amides is 1. The van der Waals surface area contributed by atoms with Crippen LogP contribution in [-0.4, -0.2) is 10.8 Å². The van der Waals surface area contributed by atoms with Crippen molar-refractivity contribution in [2.24, 2.45) is 0 Å². The predicted octanol–water partition coefficient (Wildman–Crippen LogP) is 3.74. The van der Waals surface area contributed by atoms with E-state index in [9.17, 15) is 23.7 Å². The van der Waals surface area contributed by atoms with Gasteiger partial charge < -0.3 is 5.32 Å². The van der Waals surface area contributed by atoms with Gasteiger partial charge in [-0.3, -0.25) is 14.9 Å². The highest BCUT2D eigenvalue weighted by molar-refractivity contribution is 6.05. The second kappa shape index (κ2) is 5.88. The van der Waals surface area contributed by atoms with E-state index >= 15 is 0 Å². The normalized spacial score (nSPS) is 10.4. The third-order valence-electron chi connectivity index (χ3n) is 3.16. The molecule has 114 valence electrons. The summed E-state index contributed by atoms with van der Waals surface area (Å²) < 4.78 is 27.2. The Morgan fingerprint density at radius 2 is 1.64 bits per heavy atom. The SMILES string of the molecule is Cc1cc([N+](=O)[O-])cc(C)c1NC(=O)c1c(F)cccc1F. The van der Waals surface area contributed by atoms with Gasteiger partial charge in [0.2, 0.25) is 0 Å². The quantitative estimate of drug-likeness (QED) is 0.693. The number of carbonyl (C=O) groups is 1. The number of nitrogens with one attached hydrogen (secondary N) is 1. The number of carbonyl (C=O) groups excluding carboxylic acids is 1. The van der Waals surface area contributed by atoms with Crippen LogP contribution >= 0.6 is 0 Å². The molecule has 0 aliphatic carbocycles. The topological polar surface area (TPSA) is 72.2 Å². The second-order valence-corrected chi connectivity index (χ2v) is 4.76. The van der Waals surface area contributed by atoms with E-state index < -0.39 is 28.0 Å². The first kappa shape index (κ1) is 15.6. The van der Waals surface area contributed by atoms with E-state index in [0.29, 0.717) is 16.8 Å². The van der Waals surface area contributed by atoms with Crippen LogP contribution in [0.15, 0.2) is 30.3 Å². The van der Waals surface area contributed by atoms with Gasteiger partial charge in [-0.15, -0.1) is 0 Å². The van der Waals surface area contributed by atoms with Crippen LogP contribution in [0.1, 0.15) is 21.5 Å². The third-order valence-corrected chi connectivity index (χ3v) is 3.16. The fourth-order valence-electron chi connectivity index (χ4n) is 2.13. The molecule has 0 fully saturated rings. The third kappa shape index (κ3) is 2.93. The Hall–Kier alpha value is -2.83. The number of nitrogens with zero attached hydrogens (tertiary/aromatic N) is 1. The molecule has 7 heteroatoms. The highest BCUT2D eigenvalue weighted by Crippen LogP contribution is 2.27. The minimum Gasteiger partial charge on any atom is -0.321 e. The fourth-order valence-corrected chi connectivity index (χ4v) is 2.13. The maximum Gasteiger partial charge on any atom is 0.270 e. The van der Waals surface area contributed by atoms with E-state index in [4.69, 9.17) is 0 Å². The Morgan fingerprint density at radius 3 is 2.09 bits per heavy atom. The molecule has 0 bridgehead atoms. The number of anilines is 1. The van der Waals surface area contributed by atoms with Crippen molar-refractivity contribution in [2.45, 2.75) is 13.8 Å². The van der Waals surface area contributed by atoms with Gasteiger partial charge in [-0.1, -0.05) is 6.07 Å². The molecule has 22 heavy (non-hydrogen) atoms. The van der Waals surface area contributed by atoms with E-state index in [1.165, 1.54) is 12.1 Å². The molecule has 0 atom stereocenters. The molecule has 0 heterocycles. The van der Waals surface area contributed by atoms with Crippen LogP contribution in [0.3, 0.4) is 0 Å². The maximum atomic E-state index is 13.6. The van der Waals surface area contributed by atoms with Crippen molar-refractivity contribution in [1.82, 2.24) is 0 Å².